The third kappa shape index (κ3) is 2.40. The molecule has 1 aliphatic rings. The number of ether oxygens (including phenoxy) is 1. The number of aliphatic hydroxyl groups excluding tert-OH is 1. The lowest BCUT2D eigenvalue weighted by Crippen LogP contribution is -2.36. The van der Waals surface area contributed by atoms with E-state index in [-0.39, 0.29) is 12.0 Å². The van der Waals surface area contributed by atoms with Gasteiger partial charge in [0.25, 0.3) is 0 Å². The van der Waals surface area contributed by atoms with Gasteiger partial charge in [0.15, 0.2) is 0 Å². The molecule has 0 aromatic rings. The number of aliphatic hydroxyl groups is 1. The molecule has 0 aromatic carbocycles. The van der Waals surface area contributed by atoms with E-state index in [0.717, 1.165) is 0 Å². The quantitative estimate of drug-likeness (QED) is 0.561. The predicted molar refractivity (Wildman–Crippen MR) is 47.3 cm³/mol. The first kappa shape index (κ1) is 10.4. The average Bonchev–Trinajstić information content (AvgIpc) is 2.47. The van der Waals surface area contributed by atoms with Crippen molar-refractivity contribution in [2.45, 2.75) is 12.2 Å². The average molecular weight is 188 g/mol. The lowest BCUT2D eigenvalue weighted by molar-refractivity contribution is -0.129. The van der Waals surface area contributed by atoms with Crippen LogP contribution in [0.25, 0.3) is 0 Å². The fraction of sp³-hybridized carbons (Fsp3) is 0.875. The van der Waals surface area contributed by atoms with Crippen molar-refractivity contribution in [3.05, 3.63) is 0 Å². The summed E-state index contributed by atoms with van der Waals surface area (Å²) in [5.41, 5.74) is 0. The fourth-order valence-electron chi connectivity index (χ4n) is 1.46. The van der Waals surface area contributed by atoms with Gasteiger partial charge in [0, 0.05) is 20.2 Å². The highest BCUT2D eigenvalue weighted by Crippen LogP contribution is 2.12. The van der Waals surface area contributed by atoms with E-state index in [4.69, 9.17) is 4.74 Å². The number of nitrogens with zero attached hydrogens (tertiary/aromatic N) is 1. The lowest BCUT2D eigenvalue weighted by atomic mass is 10.3. The molecule has 1 amide bonds. The van der Waals surface area contributed by atoms with Crippen LogP contribution in [0.5, 0.6) is 0 Å². The van der Waals surface area contributed by atoms with Crippen molar-refractivity contribution in [3.63, 3.8) is 0 Å². The Labute approximate surface area is 77.7 Å². The number of carbonyl (C=O) groups is 1. The van der Waals surface area contributed by atoms with Crippen LogP contribution in [0.4, 0.5) is 0 Å². The van der Waals surface area contributed by atoms with E-state index in [2.05, 4.69) is 5.32 Å². The van der Waals surface area contributed by atoms with Crippen molar-refractivity contribution in [3.8, 4) is 0 Å². The van der Waals surface area contributed by atoms with E-state index in [0.29, 0.717) is 19.6 Å². The van der Waals surface area contributed by atoms with Gasteiger partial charge in [0.1, 0.15) is 6.10 Å². The van der Waals surface area contributed by atoms with Gasteiger partial charge in [0.05, 0.1) is 12.6 Å². The highest BCUT2D eigenvalue weighted by molar-refractivity contribution is 5.78. The molecule has 1 fully saturated rings. The predicted octanol–water partition coefficient (Wildman–Crippen LogP) is -1.58. The van der Waals surface area contributed by atoms with Crippen molar-refractivity contribution in [2.75, 3.05) is 33.8 Å². The maximum atomic E-state index is 11.3. The van der Waals surface area contributed by atoms with E-state index in [1.54, 1.807) is 19.1 Å². The summed E-state index contributed by atoms with van der Waals surface area (Å²) in [5, 5.41) is 12.2. The summed E-state index contributed by atoms with van der Waals surface area (Å²) in [6.07, 6.45) is -0.786. The molecule has 2 atom stereocenters. The summed E-state index contributed by atoms with van der Waals surface area (Å²) in [7, 11) is 3.26. The minimum atomic E-state index is -0.550. The maximum Gasteiger partial charge on any atom is 0.236 e. The summed E-state index contributed by atoms with van der Waals surface area (Å²) in [6, 6.07) is 0. The minimum Gasteiger partial charge on any atom is -0.388 e. The van der Waals surface area contributed by atoms with Gasteiger partial charge in [0.2, 0.25) is 5.91 Å². The second-order valence-electron chi connectivity index (χ2n) is 3.17. The monoisotopic (exact) mass is 188 g/mol. The zero-order valence-corrected chi connectivity index (χ0v) is 7.99. The Morgan fingerprint density at radius 1 is 1.69 bits per heavy atom. The normalized spacial score (nSPS) is 28.1. The van der Waals surface area contributed by atoms with E-state index >= 15 is 0 Å². The van der Waals surface area contributed by atoms with Crippen LogP contribution >= 0.6 is 0 Å². The second kappa shape index (κ2) is 4.55. The van der Waals surface area contributed by atoms with E-state index in [9.17, 15) is 9.90 Å². The van der Waals surface area contributed by atoms with Crippen LogP contribution in [0.15, 0.2) is 0 Å². The van der Waals surface area contributed by atoms with Gasteiger partial charge in [-0.05, 0) is 7.05 Å². The lowest BCUT2D eigenvalue weighted by Gasteiger charge is -2.14. The molecular formula is C8H16N2O3. The zero-order chi connectivity index (χ0) is 9.84. The SMILES string of the molecule is CNCC(=O)N1CC(O)C(OC)C1. The molecule has 1 aliphatic heterocycles. The van der Waals surface area contributed by atoms with Gasteiger partial charge in [-0.1, -0.05) is 0 Å². The first-order chi connectivity index (χ1) is 6.19. The van der Waals surface area contributed by atoms with Gasteiger partial charge in [-0.15, -0.1) is 0 Å². The van der Waals surface area contributed by atoms with Crippen LogP contribution in [0.1, 0.15) is 0 Å². The second-order valence-corrected chi connectivity index (χ2v) is 3.17. The van der Waals surface area contributed by atoms with Crippen molar-refractivity contribution in [2.24, 2.45) is 0 Å². The van der Waals surface area contributed by atoms with Gasteiger partial charge in [-0.3, -0.25) is 4.79 Å². The highest BCUT2D eigenvalue weighted by atomic mass is 16.5. The molecule has 13 heavy (non-hydrogen) atoms. The first-order valence-electron chi connectivity index (χ1n) is 4.32. The summed E-state index contributed by atoms with van der Waals surface area (Å²) >= 11 is 0. The van der Waals surface area contributed by atoms with Crippen LogP contribution in [0.2, 0.25) is 0 Å². The number of amides is 1. The third-order valence-corrected chi connectivity index (χ3v) is 2.22. The van der Waals surface area contributed by atoms with E-state index in [1.807, 2.05) is 0 Å². The molecule has 2 N–H and O–H groups in total. The standard InChI is InChI=1S/C8H16N2O3/c1-9-3-8(12)10-4-6(11)7(5-10)13-2/h6-7,9,11H,3-5H2,1-2H3. The molecule has 2 unspecified atom stereocenters. The Balaban J connectivity index is 2.43. The van der Waals surface area contributed by atoms with Crippen LogP contribution in [0.3, 0.4) is 0 Å². The Morgan fingerprint density at radius 3 is 2.85 bits per heavy atom. The Hall–Kier alpha value is -0.650. The van der Waals surface area contributed by atoms with Crippen molar-refractivity contribution >= 4 is 5.91 Å². The minimum absolute atomic E-state index is 0.00102. The van der Waals surface area contributed by atoms with Gasteiger partial charge >= 0.3 is 0 Å². The molecular weight excluding hydrogens is 172 g/mol. The van der Waals surface area contributed by atoms with E-state index < -0.39 is 6.10 Å². The van der Waals surface area contributed by atoms with Crippen molar-refractivity contribution in [1.29, 1.82) is 0 Å². The molecule has 76 valence electrons. The number of methoxy groups -OCH3 is 1. The number of rotatable bonds is 3. The highest BCUT2D eigenvalue weighted by Gasteiger charge is 2.33. The molecule has 0 spiro atoms. The Bertz CT molecular complexity index is 186. The summed E-state index contributed by atoms with van der Waals surface area (Å²) < 4.78 is 5.02. The number of carbonyl (C=O) groups excluding carboxylic acids is 1. The first-order valence-corrected chi connectivity index (χ1v) is 4.32. The molecule has 1 heterocycles. The third-order valence-electron chi connectivity index (χ3n) is 2.22. The number of likely N-dealkylation sites (N-methyl/N-ethyl adjacent to an activating group) is 1. The van der Waals surface area contributed by atoms with Crippen LogP contribution in [-0.4, -0.2) is 61.9 Å². The number of nitrogens with one attached hydrogen (secondary N) is 1. The largest absolute Gasteiger partial charge is 0.388 e. The van der Waals surface area contributed by atoms with Gasteiger partial charge < -0.3 is 20.1 Å². The van der Waals surface area contributed by atoms with Crippen molar-refractivity contribution in [1.82, 2.24) is 10.2 Å². The molecule has 1 saturated heterocycles. The molecule has 0 aromatic heterocycles. The molecule has 5 nitrogen and oxygen atoms in total. The Kier molecular flexibility index (Phi) is 3.65. The van der Waals surface area contributed by atoms with Crippen LogP contribution < -0.4 is 5.32 Å². The van der Waals surface area contributed by atoms with Crippen molar-refractivity contribution < 1.29 is 14.6 Å². The molecule has 0 aliphatic carbocycles. The number of likely N-dealkylation sites (tertiary alicyclic amines) is 1. The topological polar surface area (TPSA) is 61.8 Å². The molecule has 0 saturated carbocycles. The maximum absolute atomic E-state index is 11.3. The van der Waals surface area contributed by atoms with E-state index in [1.165, 1.54) is 0 Å². The number of β-amino-alcohol motifs (C(OH)–C–C–N with tert-alkyl or cyclic N) is 1. The molecule has 0 radical (unpaired) electrons. The fourth-order valence-corrected chi connectivity index (χ4v) is 1.46. The molecule has 1 rings (SSSR count). The van der Waals surface area contributed by atoms with Crippen LogP contribution in [0, 0.1) is 0 Å². The molecule has 5 heteroatoms. The number of hydrogen-bond acceptors (Lipinski definition) is 4. The number of hydrogen-bond donors (Lipinski definition) is 2. The zero-order valence-electron chi connectivity index (χ0n) is 7.99. The van der Waals surface area contributed by atoms with Gasteiger partial charge in [-0.25, -0.2) is 0 Å². The Morgan fingerprint density at radius 2 is 2.38 bits per heavy atom. The molecule has 0 bridgehead atoms. The summed E-state index contributed by atoms with van der Waals surface area (Å²) in [6.45, 7) is 1.17. The smallest absolute Gasteiger partial charge is 0.236 e. The summed E-state index contributed by atoms with van der Waals surface area (Å²) in [4.78, 5) is 13.0. The summed E-state index contributed by atoms with van der Waals surface area (Å²) in [5.74, 6) is 0.00102. The van der Waals surface area contributed by atoms with Crippen LogP contribution in [-0.2, 0) is 9.53 Å². The van der Waals surface area contributed by atoms with Gasteiger partial charge in [-0.2, -0.15) is 0 Å².